The third kappa shape index (κ3) is 15.0. The summed E-state index contributed by atoms with van der Waals surface area (Å²) >= 11 is 0. The molecule has 384 valence electrons. The number of hydrogen-bond acceptors (Lipinski definition) is 15. The monoisotopic (exact) mass is 1000 g/mol. The van der Waals surface area contributed by atoms with Gasteiger partial charge in [0.15, 0.2) is 13.1 Å². The van der Waals surface area contributed by atoms with Crippen molar-refractivity contribution in [2.45, 2.75) is 69.6 Å². The topological polar surface area (TPSA) is 196 Å². The Balaban J connectivity index is 1.29. The van der Waals surface area contributed by atoms with Crippen LogP contribution in [0.4, 0.5) is 5.69 Å². The summed E-state index contributed by atoms with van der Waals surface area (Å²) in [5, 5.41) is 1.48. The predicted octanol–water partition coefficient (Wildman–Crippen LogP) is 6.26. The molecule has 0 spiro atoms. The van der Waals surface area contributed by atoms with Crippen molar-refractivity contribution in [1.82, 2.24) is 9.64 Å². The Morgan fingerprint density at radius 3 is 2.03 bits per heavy atom. The van der Waals surface area contributed by atoms with Crippen molar-refractivity contribution in [1.29, 1.82) is 0 Å². The molecule has 2 aromatic carbocycles. The lowest BCUT2D eigenvalue weighted by atomic mass is 9.83. The molecule has 6 rings (SSSR count). The summed E-state index contributed by atoms with van der Waals surface area (Å²) in [7, 11) is -1.45. The van der Waals surface area contributed by atoms with E-state index in [9.17, 15) is 27.4 Å². The molecule has 2 aromatic rings. The highest BCUT2D eigenvalue weighted by atomic mass is 32.2. The maximum Gasteiger partial charge on any atom is 0.333 e. The molecule has 2 amide bonds. The van der Waals surface area contributed by atoms with E-state index in [2.05, 4.69) is 33.7 Å². The predicted molar refractivity (Wildman–Crippen MR) is 265 cm³/mol. The minimum atomic E-state index is -4.73. The van der Waals surface area contributed by atoms with Crippen LogP contribution in [0.25, 0.3) is 28.5 Å². The molecular formula is C53H67N3O14S. The summed E-state index contributed by atoms with van der Waals surface area (Å²) < 4.78 is 78.8. The van der Waals surface area contributed by atoms with E-state index in [4.69, 9.17) is 37.7 Å². The second-order valence-corrected chi connectivity index (χ2v) is 19.0. The van der Waals surface area contributed by atoms with Gasteiger partial charge in [-0.05, 0) is 72.9 Å². The van der Waals surface area contributed by atoms with Crippen LogP contribution in [0.3, 0.4) is 0 Å². The molecule has 4 aliphatic rings. The largest absolute Gasteiger partial charge is 0.744 e. The number of carbonyl (C=O) groups excluding carboxylic acids is 3. The van der Waals surface area contributed by atoms with Crippen molar-refractivity contribution in [3.8, 4) is 22.5 Å². The van der Waals surface area contributed by atoms with Crippen LogP contribution in [0.1, 0.15) is 69.3 Å². The van der Waals surface area contributed by atoms with Crippen molar-refractivity contribution in [3.05, 3.63) is 107 Å². The summed E-state index contributed by atoms with van der Waals surface area (Å²) in [6.45, 7) is 12.5. The molecule has 17 nitrogen and oxygen atoms in total. The molecule has 0 N–H and O–H groups in total. The number of benzene rings is 3. The van der Waals surface area contributed by atoms with Gasteiger partial charge in [0.1, 0.15) is 34.9 Å². The van der Waals surface area contributed by atoms with Gasteiger partial charge < -0.3 is 47.1 Å². The summed E-state index contributed by atoms with van der Waals surface area (Å²) in [5.74, 6) is -0.399. The summed E-state index contributed by atoms with van der Waals surface area (Å²) in [6, 6.07) is 20.8. The molecule has 1 fully saturated rings. The van der Waals surface area contributed by atoms with E-state index in [0.717, 1.165) is 39.0 Å². The lowest BCUT2D eigenvalue weighted by Gasteiger charge is -2.27. The van der Waals surface area contributed by atoms with E-state index < -0.39 is 33.3 Å². The Bertz CT molecular complexity index is 2610. The molecule has 18 heteroatoms. The molecule has 0 atom stereocenters. The van der Waals surface area contributed by atoms with Gasteiger partial charge >= 0.3 is 5.97 Å². The SMILES string of the molecule is COCCOCCOCC[N+](CCOCCOCCOC)=c1ccc2c(-c3ccccc3)c(C)c(/C=C/C=C3/N(CCCCCC(=O)ON4C(=O)CCC4=O)c4ccc(S(=O)(=O)[O-])cc4C3(C)C)oc-2c1. The van der Waals surface area contributed by atoms with Crippen molar-refractivity contribution in [3.63, 3.8) is 0 Å². The minimum absolute atomic E-state index is 0.0219. The zero-order chi connectivity index (χ0) is 50.8. The second-order valence-electron chi connectivity index (χ2n) is 17.6. The number of carbonyl (C=O) groups is 3. The second kappa shape index (κ2) is 26.8. The zero-order valence-corrected chi connectivity index (χ0v) is 42.3. The maximum atomic E-state index is 12.5. The third-order valence-electron chi connectivity index (χ3n) is 12.4. The Hall–Kier alpha value is -5.57. The van der Waals surface area contributed by atoms with Crippen LogP contribution < -0.4 is 14.8 Å². The minimum Gasteiger partial charge on any atom is -0.744 e. The Labute approximate surface area is 416 Å². The van der Waals surface area contributed by atoms with Gasteiger partial charge in [0, 0.05) is 74.0 Å². The van der Waals surface area contributed by atoms with Crippen LogP contribution in [-0.4, -0.2) is 136 Å². The Morgan fingerprint density at radius 1 is 0.789 bits per heavy atom. The van der Waals surface area contributed by atoms with Crippen molar-refractivity contribution >= 4 is 39.7 Å². The number of unbranched alkanes of at least 4 members (excludes halogenated alkanes) is 2. The fourth-order valence-corrected chi connectivity index (χ4v) is 9.10. The van der Waals surface area contributed by atoms with Gasteiger partial charge in [-0.15, -0.1) is 5.06 Å². The van der Waals surface area contributed by atoms with Crippen LogP contribution in [0, 0.1) is 6.92 Å². The lowest BCUT2D eigenvalue weighted by Crippen LogP contribution is -2.36. The molecule has 0 saturated carbocycles. The van der Waals surface area contributed by atoms with Crippen molar-refractivity contribution in [2.75, 3.05) is 105 Å². The molecule has 71 heavy (non-hydrogen) atoms. The number of rotatable bonds is 29. The molecule has 3 heterocycles. The Morgan fingerprint density at radius 2 is 1.41 bits per heavy atom. The first-order chi connectivity index (χ1) is 34.2. The first-order valence-electron chi connectivity index (χ1n) is 24.1. The summed E-state index contributed by atoms with van der Waals surface area (Å²) in [5.41, 5.74) is 5.52. The third-order valence-corrected chi connectivity index (χ3v) is 13.2. The fourth-order valence-electron chi connectivity index (χ4n) is 8.60. The highest BCUT2D eigenvalue weighted by Crippen LogP contribution is 2.49. The number of hydrogen-bond donors (Lipinski definition) is 0. The number of imide groups is 1. The van der Waals surface area contributed by atoms with Crippen LogP contribution in [0.5, 0.6) is 0 Å². The van der Waals surface area contributed by atoms with Gasteiger partial charge in [0.25, 0.3) is 11.8 Å². The molecule has 1 aliphatic carbocycles. The van der Waals surface area contributed by atoms with Gasteiger partial charge in [-0.2, -0.15) is 0 Å². The number of nitrogens with zero attached hydrogens (tertiary/aromatic N) is 3. The molecular weight excluding hydrogens is 935 g/mol. The van der Waals surface area contributed by atoms with Crippen LogP contribution in [0.15, 0.2) is 93.9 Å². The van der Waals surface area contributed by atoms with Crippen molar-refractivity contribution in [2.24, 2.45) is 0 Å². The van der Waals surface area contributed by atoms with E-state index in [-0.39, 0.29) is 24.2 Å². The van der Waals surface area contributed by atoms with Gasteiger partial charge in [0.05, 0.1) is 63.8 Å². The van der Waals surface area contributed by atoms with E-state index in [1.165, 1.54) is 12.1 Å². The van der Waals surface area contributed by atoms with Crippen LogP contribution >= 0.6 is 0 Å². The highest BCUT2D eigenvalue weighted by Gasteiger charge is 2.40. The highest BCUT2D eigenvalue weighted by molar-refractivity contribution is 7.85. The van der Waals surface area contributed by atoms with Crippen LogP contribution in [-0.2, 0) is 63.2 Å². The fraction of sp³-hybridized carbons (Fsp3) is 0.472. The van der Waals surface area contributed by atoms with Gasteiger partial charge in [-0.3, -0.25) is 9.59 Å². The summed E-state index contributed by atoms with van der Waals surface area (Å²) in [4.78, 5) is 43.1. The van der Waals surface area contributed by atoms with Gasteiger partial charge in [-0.1, -0.05) is 56.7 Å². The average molecular weight is 1000 g/mol. The quantitative estimate of drug-likeness (QED) is 0.0256. The molecule has 3 aliphatic heterocycles. The zero-order valence-electron chi connectivity index (χ0n) is 41.5. The summed E-state index contributed by atoms with van der Waals surface area (Å²) in [6.07, 6.45) is 7.61. The van der Waals surface area contributed by atoms with E-state index >= 15 is 0 Å². The number of hydroxylamine groups is 2. The first kappa shape index (κ1) is 54.8. The number of allylic oxidation sites excluding steroid dienone is 3. The maximum absolute atomic E-state index is 12.5. The molecule has 0 radical (unpaired) electrons. The first-order valence-corrected chi connectivity index (χ1v) is 25.5. The smallest absolute Gasteiger partial charge is 0.333 e. The van der Waals surface area contributed by atoms with Crippen LogP contribution in [0.2, 0.25) is 0 Å². The number of amides is 2. The van der Waals surface area contributed by atoms with Gasteiger partial charge in [0.2, 0.25) is 5.36 Å². The molecule has 1 saturated heterocycles. The van der Waals surface area contributed by atoms with Gasteiger partial charge in [-0.25, -0.2) is 17.8 Å². The average Bonchev–Trinajstić information content (AvgIpc) is 3.77. The molecule has 0 aromatic heterocycles. The molecule has 0 unspecified atom stereocenters. The Kier molecular flexibility index (Phi) is 20.6. The van der Waals surface area contributed by atoms with E-state index in [0.29, 0.717) is 127 Å². The standard InChI is InChI=1S/C53H67N3O14S/c1-39-46(15-12-16-48-53(2,3)44-38-42(71(60,61)62)19-21-45(44)55(48)24-11-7-10-17-51(59)70-56-49(57)22-23-50(56)58)69-47-37-41(18-20-43(47)52(39)40-13-8-6-9-14-40)54(25-27-65-33-35-67-31-29-63-4)26-28-66-34-36-68-32-30-64-5/h6,8-9,12-16,18-21,37-38H,7,10-11,17,22-36H2,1-5H3. The molecule has 0 bridgehead atoms. The number of anilines is 1. The number of methoxy groups -OCH3 is 2. The van der Waals surface area contributed by atoms with Crippen molar-refractivity contribution < 1.29 is 65.0 Å². The number of fused-ring (bicyclic) bond motifs is 2. The van der Waals surface area contributed by atoms with E-state index in [1.54, 1.807) is 20.3 Å². The number of ether oxygens (including phenoxy) is 6. The van der Waals surface area contributed by atoms with E-state index in [1.807, 2.05) is 63.3 Å². The lowest BCUT2D eigenvalue weighted by molar-refractivity contribution is -0.197. The normalized spacial score (nSPS) is 15.2.